The largest absolute Gasteiger partial charge is 0.473 e. The molecule has 0 spiro atoms. The molecule has 2 heterocycles. The summed E-state index contributed by atoms with van der Waals surface area (Å²) in [7, 11) is 0. The second-order valence-electron chi connectivity index (χ2n) is 6.34. The summed E-state index contributed by atoms with van der Waals surface area (Å²) < 4.78 is 11.7. The zero-order valence-electron chi connectivity index (χ0n) is 13.5. The van der Waals surface area contributed by atoms with Crippen LogP contribution in [0.2, 0.25) is 0 Å². The summed E-state index contributed by atoms with van der Waals surface area (Å²) in [6, 6.07) is 0. The fourth-order valence-corrected chi connectivity index (χ4v) is 2.63. The van der Waals surface area contributed by atoms with Gasteiger partial charge in [0.1, 0.15) is 6.10 Å². The molecule has 2 atom stereocenters. The first-order chi connectivity index (χ1) is 10.0. The van der Waals surface area contributed by atoms with Gasteiger partial charge < -0.3 is 14.8 Å². The van der Waals surface area contributed by atoms with Gasteiger partial charge in [-0.15, -0.1) is 0 Å². The molecule has 5 heteroatoms. The number of hydrogen-bond donors (Lipinski definition) is 1. The molecule has 1 aromatic heterocycles. The van der Waals surface area contributed by atoms with Crippen molar-refractivity contribution in [3.8, 4) is 5.88 Å². The van der Waals surface area contributed by atoms with Crippen molar-refractivity contribution in [2.24, 2.45) is 5.92 Å². The maximum atomic E-state index is 5.98. The average molecular weight is 293 g/mol. The van der Waals surface area contributed by atoms with Crippen LogP contribution in [0.3, 0.4) is 0 Å². The lowest BCUT2D eigenvalue weighted by Crippen LogP contribution is -2.36. The van der Waals surface area contributed by atoms with Crippen LogP contribution >= 0.6 is 0 Å². The minimum absolute atomic E-state index is 0.164. The van der Waals surface area contributed by atoms with E-state index >= 15 is 0 Å². The molecular formula is C16H27N3O2. The third-order valence-electron chi connectivity index (χ3n) is 3.46. The third-order valence-corrected chi connectivity index (χ3v) is 3.46. The van der Waals surface area contributed by atoms with Crippen molar-refractivity contribution in [2.75, 3.05) is 6.54 Å². The summed E-state index contributed by atoms with van der Waals surface area (Å²) in [5.74, 6) is 1.24. The zero-order valence-corrected chi connectivity index (χ0v) is 13.5. The van der Waals surface area contributed by atoms with E-state index in [4.69, 9.17) is 9.47 Å². The Balaban J connectivity index is 1.88. The molecule has 0 aliphatic carbocycles. The van der Waals surface area contributed by atoms with E-state index in [1.54, 1.807) is 12.4 Å². The van der Waals surface area contributed by atoms with Gasteiger partial charge in [-0.3, -0.25) is 4.98 Å². The van der Waals surface area contributed by atoms with Gasteiger partial charge in [0.25, 0.3) is 0 Å². The normalized spacial score (nSPS) is 26.0. The second-order valence-corrected chi connectivity index (χ2v) is 6.34. The summed E-state index contributed by atoms with van der Waals surface area (Å²) in [4.78, 5) is 8.75. The summed E-state index contributed by atoms with van der Waals surface area (Å²) in [5.41, 5.74) is 0.918. The standard InChI is InChI=1S/C16H27N3O2/c1-11(2)7-17-8-14-9-18-10-16(19-14)21-15-5-12(3)20-13(4)6-15/h9-13,15,17H,5-8H2,1-4H3. The molecule has 2 unspecified atom stereocenters. The highest BCUT2D eigenvalue weighted by molar-refractivity contribution is 5.09. The number of aromatic nitrogens is 2. The molecule has 21 heavy (non-hydrogen) atoms. The zero-order chi connectivity index (χ0) is 15.2. The summed E-state index contributed by atoms with van der Waals surface area (Å²) in [5, 5.41) is 3.37. The summed E-state index contributed by atoms with van der Waals surface area (Å²) in [6.45, 7) is 10.2. The van der Waals surface area contributed by atoms with E-state index in [0.29, 0.717) is 11.8 Å². The highest BCUT2D eigenvalue weighted by atomic mass is 16.5. The molecule has 1 N–H and O–H groups in total. The van der Waals surface area contributed by atoms with Crippen LogP contribution in [0.4, 0.5) is 0 Å². The van der Waals surface area contributed by atoms with Gasteiger partial charge in [0, 0.05) is 25.6 Å². The Kier molecular flexibility index (Phi) is 5.94. The topological polar surface area (TPSA) is 56.3 Å². The average Bonchev–Trinajstić information content (AvgIpc) is 2.37. The van der Waals surface area contributed by atoms with Gasteiger partial charge in [-0.2, -0.15) is 0 Å². The van der Waals surface area contributed by atoms with Crippen molar-refractivity contribution in [1.29, 1.82) is 0 Å². The molecular weight excluding hydrogens is 266 g/mol. The number of nitrogens with one attached hydrogen (secondary N) is 1. The number of nitrogens with zero attached hydrogens (tertiary/aromatic N) is 2. The predicted molar refractivity (Wildman–Crippen MR) is 82.2 cm³/mol. The lowest BCUT2D eigenvalue weighted by Gasteiger charge is -2.31. The maximum absolute atomic E-state index is 5.98. The first-order valence-corrected chi connectivity index (χ1v) is 7.86. The van der Waals surface area contributed by atoms with E-state index in [1.807, 2.05) is 0 Å². The first kappa shape index (κ1) is 16.2. The monoisotopic (exact) mass is 293 g/mol. The van der Waals surface area contributed by atoms with Crippen molar-refractivity contribution in [2.45, 2.75) is 65.4 Å². The number of hydrogen-bond acceptors (Lipinski definition) is 5. The van der Waals surface area contributed by atoms with Gasteiger partial charge in [-0.25, -0.2) is 4.98 Å². The lowest BCUT2D eigenvalue weighted by molar-refractivity contribution is -0.0730. The minimum atomic E-state index is 0.164. The van der Waals surface area contributed by atoms with Crippen molar-refractivity contribution in [3.05, 3.63) is 18.1 Å². The third kappa shape index (κ3) is 5.59. The van der Waals surface area contributed by atoms with Gasteiger partial charge in [0.2, 0.25) is 5.88 Å². The second kappa shape index (κ2) is 7.71. The van der Waals surface area contributed by atoms with E-state index in [-0.39, 0.29) is 18.3 Å². The Bertz CT molecular complexity index is 429. The Morgan fingerprint density at radius 2 is 2.00 bits per heavy atom. The molecule has 1 aliphatic rings. The molecule has 0 amide bonds. The molecule has 118 valence electrons. The molecule has 1 aliphatic heterocycles. The van der Waals surface area contributed by atoms with E-state index in [1.165, 1.54) is 0 Å². The first-order valence-electron chi connectivity index (χ1n) is 7.86. The molecule has 0 radical (unpaired) electrons. The Morgan fingerprint density at radius 1 is 1.29 bits per heavy atom. The Hall–Kier alpha value is -1.20. The number of ether oxygens (including phenoxy) is 2. The number of rotatable bonds is 6. The summed E-state index contributed by atoms with van der Waals surface area (Å²) >= 11 is 0. The van der Waals surface area contributed by atoms with Crippen molar-refractivity contribution >= 4 is 0 Å². The van der Waals surface area contributed by atoms with Gasteiger partial charge in [-0.1, -0.05) is 13.8 Å². The molecule has 0 saturated carbocycles. The van der Waals surface area contributed by atoms with E-state index < -0.39 is 0 Å². The van der Waals surface area contributed by atoms with Gasteiger partial charge in [0.15, 0.2) is 0 Å². The molecule has 1 fully saturated rings. The Morgan fingerprint density at radius 3 is 2.67 bits per heavy atom. The fourth-order valence-electron chi connectivity index (χ4n) is 2.63. The molecule has 1 aromatic rings. The van der Waals surface area contributed by atoms with Crippen molar-refractivity contribution < 1.29 is 9.47 Å². The SMILES string of the molecule is CC(C)CNCc1cncc(OC2CC(C)OC(C)C2)n1. The van der Waals surface area contributed by atoms with Gasteiger partial charge in [0.05, 0.1) is 24.1 Å². The van der Waals surface area contributed by atoms with Gasteiger partial charge in [-0.05, 0) is 26.3 Å². The van der Waals surface area contributed by atoms with E-state index in [2.05, 4.69) is 43.0 Å². The predicted octanol–water partition coefficient (Wildman–Crippen LogP) is 2.56. The highest BCUT2D eigenvalue weighted by Crippen LogP contribution is 2.22. The highest BCUT2D eigenvalue weighted by Gasteiger charge is 2.26. The fraction of sp³-hybridized carbons (Fsp3) is 0.750. The van der Waals surface area contributed by atoms with Crippen LogP contribution in [0.5, 0.6) is 5.88 Å². The minimum Gasteiger partial charge on any atom is -0.473 e. The molecule has 5 nitrogen and oxygen atoms in total. The van der Waals surface area contributed by atoms with Crippen LogP contribution in [-0.2, 0) is 11.3 Å². The molecule has 1 saturated heterocycles. The van der Waals surface area contributed by atoms with Crippen LogP contribution < -0.4 is 10.1 Å². The van der Waals surface area contributed by atoms with Crippen LogP contribution in [-0.4, -0.2) is 34.8 Å². The summed E-state index contributed by atoms with van der Waals surface area (Å²) in [6.07, 6.45) is 5.93. The lowest BCUT2D eigenvalue weighted by atomic mass is 10.0. The molecule has 0 bridgehead atoms. The Labute approximate surface area is 127 Å². The van der Waals surface area contributed by atoms with Crippen LogP contribution in [0.25, 0.3) is 0 Å². The van der Waals surface area contributed by atoms with Gasteiger partial charge >= 0.3 is 0 Å². The molecule has 0 aromatic carbocycles. The van der Waals surface area contributed by atoms with Crippen molar-refractivity contribution in [1.82, 2.24) is 15.3 Å². The van der Waals surface area contributed by atoms with E-state index in [0.717, 1.165) is 31.6 Å². The smallest absolute Gasteiger partial charge is 0.232 e. The maximum Gasteiger partial charge on any atom is 0.232 e. The van der Waals surface area contributed by atoms with E-state index in [9.17, 15) is 0 Å². The van der Waals surface area contributed by atoms with Crippen LogP contribution in [0.1, 0.15) is 46.2 Å². The van der Waals surface area contributed by atoms with Crippen LogP contribution in [0, 0.1) is 5.92 Å². The quantitative estimate of drug-likeness (QED) is 0.873. The molecule has 2 rings (SSSR count). The van der Waals surface area contributed by atoms with Crippen LogP contribution in [0.15, 0.2) is 12.4 Å². The van der Waals surface area contributed by atoms with Crippen molar-refractivity contribution in [3.63, 3.8) is 0 Å².